The number of halogens is 1. The topological polar surface area (TPSA) is 67.9 Å². The number of anilines is 1. The number of hydrogen-bond acceptors (Lipinski definition) is 5. The van der Waals surface area contributed by atoms with E-state index in [-0.39, 0.29) is 17.6 Å². The molecule has 1 aliphatic heterocycles. The normalized spacial score (nSPS) is 12.4. The lowest BCUT2D eigenvalue weighted by Crippen LogP contribution is -2.30. The summed E-state index contributed by atoms with van der Waals surface area (Å²) in [6.07, 6.45) is 0. The molecule has 0 bridgehead atoms. The van der Waals surface area contributed by atoms with Gasteiger partial charge >= 0.3 is 0 Å². The van der Waals surface area contributed by atoms with Gasteiger partial charge in [0.05, 0.1) is 16.3 Å². The van der Waals surface area contributed by atoms with Crippen LogP contribution in [-0.2, 0) is 4.79 Å². The van der Waals surface area contributed by atoms with Crippen molar-refractivity contribution >= 4 is 40.9 Å². The van der Waals surface area contributed by atoms with Crippen LogP contribution in [0.3, 0.4) is 0 Å². The Kier molecular flexibility index (Phi) is 7.28. The Hall–Kier alpha value is -2.38. The zero-order chi connectivity index (χ0) is 20.8. The molecule has 0 unspecified atom stereocenters. The van der Waals surface area contributed by atoms with E-state index in [9.17, 15) is 9.59 Å². The van der Waals surface area contributed by atoms with Crippen LogP contribution in [0.4, 0.5) is 5.69 Å². The number of thioether (sulfide) groups is 1. The van der Waals surface area contributed by atoms with Crippen LogP contribution in [0.2, 0.25) is 5.02 Å². The van der Waals surface area contributed by atoms with Crippen LogP contribution in [0.25, 0.3) is 0 Å². The van der Waals surface area contributed by atoms with Crippen LogP contribution in [0.5, 0.6) is 11.5 Å². The van der Waals surface area contributed by atoms with E-state index in [0.717, 1.165) is 10.6 Å². The van der Waals surface area contributed by atoms with Gasteiger partial charge in [0, 0.05) is 23.7 Å². The molecule has 3 rings (SSSR count). The molecule has 0 fully saturated rings. The van der Waals surface area contributed by atoms with Crippen molar-refractivity contribution in [1.29, 1.82) is 0 Å². The van der Waals surface area contributed by atoms with Gasteiger partial charge in [0.1, 0.15) is 13.2 Å². The number of carbonyl (C=O) groups is 2. The number of rotatable bonds is 7. The Balaban J connectivity index is 1.58. The maximum atomic E-state index is 12.5. The first-order chi connectivity index (χ1) is 14.0. The van der Waals surface area contributed by atoms with Crippen molar-refractivity contribution in [3.05, 3.63) is 47.0 Å². The number of nitrogens with zero attached hydrogens (tertiary/aromatic N) is 1. The Labute approximate surface area is 179 Å². The molecule has 0 aromatic heterocycles. The van der Waals surface area contributed by atoms with Crippen LogP contribution < -0.4 is 14.8 Å². The van der Waals surface area contributed by atoms with Crippen molar-refractivity contribution < 1.29 is 19.1 Å². The van der Waals surface area contributed by atoms with Gasteiger partial charge in [-0.15, -0.1) is 11.8 Å². The van der Waals surface area contributed by atoms with E-state index in [1.165, 1.54) is 11.8 Å². The predicted octanol–water partition coefficient (Wildman–Crippen LogP) is 4.32. The molecule has 0 saturated heterocycles. The molecule has 0 aliphatic carbocycles. The van der Waals surface area contributed by atoms with Gasteiger partial charge in [-0.3, -0.25) is 9.59 Å². The lowest BCUT2D eigenvalue weighted by Gasteiger charge is -2.19. The maximum Gasteiger partial charge on any atom is 0.255 e. The highest BCUT2D eigenvalue weighted by atomic mass is 35.5. The molecule has 2 aromatic rings. The number of benzene rings is 2. The quantitative estimate of drug-likeness (QED) is 0.657. The lowest BCUT2D eigenvalue weighted by molar-refractivity contribution is -0.113. The Morgan fingerprint density at radius 1 is 1.07 bits per heavy atom. The summed E-state index contributed by atoms with van der Waals surface area (Å²) in [5.74, 6) is 1.37. The summed E-state index contributed by atoms with van der Waals surface area (Å²) in [6.45, 7) is 6.13. The molecule has 154 valence electrons. The fraction of sp³-hybridized carbons (Fsp3) is 0.333. The Morgan fingerprint density at radius 3 is 2.48 bits per heavy atom. The minimum absolute atomic E-state index is 0.118. The molecular weight excluding hydrogens is 412 g/mol. The molecule has 0 radical (unpaired) electrons. The minimum atomic E-state index is -0.163. The highest BCUT2D eigenvalue weighted by Crippen LogP contribution is 2.34. The zero-order valence-electron chi connectivity index (χ0n) is 16.4. The largest absolute Gasteiger partial charge is 0.486 e. The van der Waals surface area contributed by atoms with Gasteiger partial charge in [-0.2, -0.15) is 0 Å². The lowest BCUT2D eigenvalue weighted by atomic mass is 10.1. The molecular formula is C21H23ClN2O4S. The van der Waals surface area contributed by atoms with Gasteiger partial charge < -0.3 is 19.7 Å². The highest BCUT2D eigenvalue weighted by Gasteiger charge is 2.17. The average molecular weight is 435 g/mol. The monoisotopic (exact) mass is 434 g/mol. The third kappa shape index (κ3) is 5.36. The van der Waals surface area contributed by atoms with Gasteiger partial charge in [-0.05, 0) is 50.2 Å². The van der Waals surface area contributed by atoms with Crippen molar-refractivity contribution in [2.24, 2.45) is 0 Å². The van der Waals surface area contributed by atoms with Gasteiger partial charge in [0.25, 0.3) is 5.91 Å². The standard InChI is InChI=1S/C21H23ClN2O4S/c1-3-24(4-2)21(26)16-7-5-14(11-17(16)22)23-20(25)13-29-15-6-8-18-19(12-15)28-10-9-27-18/h5-8,11-12H,3-4,9-10,13H2,1-2H3,(H,23,25). The molecule has 2 amide bonds. The van der Waals surface area contributed by atoms with Crippen LogP contribution in [0.15, 0.2) is 41.3 Å². The minimum Gasteiger partial charge on any atom is -0.486 e. The average Bonchev–Trinajstić information content (AvgIpc) is 2.73. The molecule has 8 heteroatoms. The predicted molar refractivity (Wildman–Crippen MR) is 115 cm³/mol. The van der Waals surface area contributed by atoms with Crippen molar-refractivity contribution in [2.45, 2.75) is 18.7 Å². The number of amides is 2. The third-order valence-corrected chi connectivity index (χ3v) is 5.72. The summed E-state index contributed by atoms with van der Waals surface area (Å²) in [5, 5.41) is 3.13. The second-order valence-corrected chi connectivity index (χ2v) is 7.77. The van der Waals surface area contributed by atoms with E-state index < -0.39 is 0 Å². The summed E-state index contributed by atoms with van der Waals surface area (Å²) >= 11 is 7.68. The van der Waals surface area contributed by atoms with Gasteiger partial charge in [-0.25, -0.2) is 0 Å². The Morgan fingerprint density at radius 2 is 1.79 bits per heavy atom. The first-order valence-electron chi connectivity index (χ1n) is 9.43. The van der Waals surface area contributed by atoms with Crippen LogP contribution in [-0.4, -0.2) is 48.8 Å². The second-order valence-electron chi connectivity index (χ2n) is 6.31. The fourth-order valence-electron chi connectivity index (χ4n) is 2.91. The van der Waals surface area contributed by atoms with Crippen molar-refractivity contribution in [3.63, 3.8) is 0 Å². The highest BCUT2D eigenvalue weighted by molar-refractivity contribution is 8.00. The molecule has 1 aliphatic rings. The first-order valence-corrected chi connectivity index (χ1v) is 10.8. The number of carbonyl (C=O) groups excluding carboxylic acids is 2. The van der Waals surface area contributed by atoms with E-state index in [0.29, 0.717) is 48.3 Å². The summed E-state index contributed by atoms with van der Waals surface area (Å²) in [4.78, 5) is 27.4. The van der Waals surface area contributed by atoms with Crippen molar-refractivity contribution in [1.82, 2.24) is 4.90 Å². The molecule has 1 N–H and O–H groups in total. The summed E-state index contributed by atoms with van der Waals surface area (Å²) in [7, 11) is 0. The zero-order valence-corrected chi connectivity index (χ0v) is 17.9. The van der Waals surface area contributed by atoms with E-state index >= 15 is 0 Å². The van der Waals surface area contributed by atoms with E-state index in [2.05, 4.69) is 5.32 Å². The van der Waals surface area contributed by atoms with Gasteiger partial charge in [0.2, 0.25) is 5.91 Å². The van der Waals surface area contributed by atoms with E-state index in [1.54, 1.807) is 23.1 Å². The SMILES string of the molecule is CCN(CC)C(=O)c1ccc(NC(=O)CSc2ccc3c(c2)OCCO3)cc1Cl. The number of fused-ring (bicyclic) bond motifs is 1. The third-order valence-electron chi connectivity index (χ3n) is 4.42. The van der Waals surface area contributed by atoms with Crippen molar-refractivity contribution in [2.75, 3.05) is 37.4 Å². The molecule has 1 heterocycles. The summed E-state index contributed by atoms with van der Waals surface area (Å²) in [5.41, 5.74) is 0.984. The first kappa shape index (κ1) is 21.3. The number of ether oxygens (including phenoxy) is 2. The molecule has 0 atom stereocenters. The summed E-state index contributed by atoms with van der Waals surface area (Å²) in [6, 6.07) is 10.6. The van der Waals surface area contributed by atoms with E-state index in [4.69, 9.17) is 21.1 Å². The number of hydrogen-bond donors (Lipinski definition) is 1. The van der Waals surface area contributed by atoms with Gasteiger partial charge in [0.15, 0.2) is 11.5 Å². The molecule has 0 saturated carbocycles. The van der Waals surface area contributed by atoms with Crippen molar-refractivity contribution in [3.8, 4) is 11.5 Å². The smallest absolute Gasteiger partial charge is 0.255 e. The molecule has 6 nitrogen and oxygen atoms in total. The van der Waals surface area contributed by atoms with Crippen LogP contribution in [0, 0.1) is 0 Å². The van der Waals surface area contributed by atoms with Gasteiger partial charge in [-0.1, -0.05) is 11.6 Å². The van der Waals surface area contributed by atoms with E-state index in [1.807, 2.05) is 32.0 Å². The molecule has 2 aromatic carbocycles. The maximum absolute atomic E-state index is 12.5. The second kappa shape index (κ2) is 9.89. The molecule has 29 heavy (non-hydrogen) atoms. The summed E-state index contributed by atoms with van der Waals surface area (Å²) < 4.78 is 11.1. The Bertz CT molecular complexity index is 902. The molecule has 0 spiro atoms. The fourth-order valence-corrected chi connectivity index (χ4v) is 3.89. The van der Waals surface area contributed by atoms with Crippen LogP contribution in [0.1, 0.15) is 24.2 Å². The van der Waals surface area contributed by atoms with Crippen LogP contribution >= 0.6 is 23.4 Å². The number of nitrogens with one attached hydrogen (secondary N) is 1.